The lowest BCUT2D eigenvalue weighted by Gasteiger charge is -2.57. The second kappa shape index (κ2) is 6.84. The van der Waals surface area contributed by atoms with Crippen molar-refractivity contribution in [2.45, 2.75) is 50.1 Å². The van der Waals surface area contributed by atoms with Gasteiger partial charge in [-0.15, -0.1) is 10.2 Å². The SMILES string of the molecule is COc1ccccc1-c1nnc(SCCC23CC4CC(CC(C4)C2)C3)n1C. The van der Waals surface area contributed by atoms with Crippen LogP contribution in [0.2, 0.25) is 0 Å². The zero-order valence-electron chi connectivity index (χ0n) is 16.4. The van der Waals surface area contributed by atoms with Gasteiger partial charge in [0.2, 0.25) is 0 Å². The van der Waals surface area contributed by atoms with Crippen molar-refractivity contribution in [1.29, 1.82) is 0 Å². The van der Waals surface area contributed by atoms with E-state index < -0.39 is 0 Å². The molecule has 1 heterocycles. The lowest BCUT2D eigenvalue weighted by molar-refractivity contribution is -0.0538. The van der Waals surface area contributed by atoms with Crippen LogP contribution in [0, 0.1) is 23.2 Å². The van der Waals surface area contributed by atoms with E-state index in [0.717, 1.165) is 45.8 Å². The Balaban J connectivity index is 1.27. The molecule has 4 aliphatic rings. The van der Waals surface area contributed by atoms with Gasteiger partial charge in [0.05, 0.1) is 12.7 Å². The zero-order valence-corrected chi connectivity index (χ0v) is 17.2. The van der Waals surface area contributed by atoms with Crippen molar-refractivity contribution < 1.29 is 4.74 Å². The van der Waals surface area contributed by atoms with E-state index in [1.54, 1.807) is 7.11 Å². The van der Waals surface area contributed by atoms with Crippen LogP contribution >= 0.6 is 11.8 Å². The molecule has 0 spiro atoms. The number of para-hydroxylation sites is 1. The molecular formula is C22H29N3OS. The first-order chi connectivity index (χ1) is 13.2. The molecule has 27 heavy (non-hydrogen) atoms. The van der Waals surface area contributed by atoms with E-state index in [2.05, 4.69) is 21.8 Å². The lowest BCUT2D eigenvalue weighted by atomic mass is 9.49. The number of methoxy groups -OCH3 is 1. The van der Waals surface area contributed by atoms with Crippen LogP contribution < -0.4 is 4.74 Å². The summed E-state index contributed by atoms with van der Waals surface area (Å²) in [6.45, 7) is 0. The summed E-state index contributed by atoms with van der Waals surface area (Å²) in [5, 5.41) is 9.94. The van der Waals surface area contributed by atoms with E-state index in [1.165, 1.54) is 44.9 Å². The van der Waals surface area contributed by atoms with Crippen LogP contribution in [0.1, 0.15) is 44.9 Å². The first kappa shape index (κ1) is 17.6. The normalized spacial score (nSPS) is 31.4. The van der Waals surface area contributed by atoms with Crippen LogP contribution in [0.25, 0.3) is 11.4 Å². The number of aromatic nitrogens is 3. The monoisotopic (exact) mass is 383 g/mol. The highest BCUT2D eigenvalue weighted by Gasteiger charge is 2.50. The van der Waals surface area contributed by atoms with Crippen molar-refractivity contribution in [3.05, 3.63) is 24.3 Å². The van der Waals surface area contributed by atoms with Gasteiger partial charge >= 0.3 is 0 Å². The highest BCUT2D eigenvalue weighted by molar-refractivity contribution is 7.99. The number of nitrogens with zero attached hydrogens (tertiary/aromatic N) is 3. The van der Waals surface area contributed by atoms with Gasteiger partial charge in [0.1, 0.15) is 5.75 Å². The summed E-state index contributed by atoms with van der Waals surface area (Å²) in [5.74, 6) is 5.99. The molecule has 0 radical (unpaired) electrons. The lowest BCUT2D eigenvalue weighted by Crippen LogP contribution is -2.46. The summed E-state index contributed by atoms with van der Waals surface area (Å²) in [5.41, 5.74) is 1.65. The first-order valence-corrected chi connectivity index (χ1v) is 11.3. The molecule has 4 aliphatic carbocycles. The standard InChI is InChI=1S/C22H29N3OS/c1-25-20(18-5-3-4-6-19(18)26-2)23-24-21(25)27-8-7-22-12-15-9-16(13-22)11-17(10-15)14-22/h3-6,15-17H,7-14H2,1-2H3. The van der Waals surface area contributed by atoms with Crippen LogP contribution in [0.4, 0.5) is 0 Å². The second-order valence-corrected chi connectivity index (χ2v) is 10.1. The summed E-state index contributed by atoms with van der Waals surface area (Å²) < 4.78 is 7.61. The molecule has 1 aromatic carbocycles. The Labute approximate surface area is 166 Å². The molecular weight excluding hydrogens is 354 g/mol. The topological polar surface area (TPSA) is 39.9 Å². The van der Waals surface area contributed by atoms with Gasteiger partial charge in [-0.05, 0) is 80.2 Å². The number of hydrogen-bond acceptors (Lipinski definition) is 4. The molecule has 4 saturated carbocycles. The molecule has 0 unspecified atom stereocenters. The quantitative estimate of drug-likeness (QED) is 0.644. The smallest absolute Gasteiger partial charge is 0.191 e. The number of benzene rings is 1. The van der Waals surface area contributed by atoms with Crippen molar-refractivity contribution in [3.8, 4) is 17.1 Å². The maximum absolute atomic E-state index is 5.49. The summed E-state index contributed by atoms with van der Waals surface area (Å²) >= 11 is 1.87. The van der Waals surface area contributed by atoms with Crippen LogP contribution in [-0.2, 0) is 7.05 Å². The molecule has 0 N–H and O–H groups in total. The molecule has 0 saturated heterocycles. The van der Waals surface area contributed by atoms with E-state index in [4.69, 9.17) is 4.74 Å². The van der Waals surface area contributed by atoms with E-state index >= 15 is 0 Å². The number of hydrogen-bond donors (Lipinski definition) is 0. The van der Waals surface area contributed by atoms with E-state index in [0.29, 0.717) is 5.41 Å². The van der Waals surface area contributed by atoms with Crippen molar-refractivity contribution in [3.63, 3.8) is 0 Å². The van der Waals surface area contributed by atoms with Gasteiger partial charge in [0.15, 0.2) is 11.0 Å². The van der Waals surface area contributed by atoms with Gasteiger partial charge in [0.25, 0.3) is 0 Å². The molecule has 4 fully saturated rings. The van der Waals surface area contributed by atoms with Gasteiger partial charge in [0, 0.05) is 12.8 Å². The van der Waals surface area contributed by atoms with Crippen LogP contribution in [-0.4, -0.2) is 27.6 Å². The maximum Gasteiger partial charge on any atom is 0.191 e. The Morgan fingerprint density at radius 3 is 2.41 bits per heavy atom. The minimum Gasteiger partial charge on any atom is -0.496 e. The Hall–Kier alpha value is -1.49. The van der Waals surface area contributed by atoms with Gasteiger partial charge < -0.3 is 9.30 Å². The fraction of sp³-hybridized carbons (Fsp3) is 0.636. The van der Waals surface area contributed by atoms with Crippen molar-refractivity contribution >= 4 is 11.8 Å². The Kier molecular flexibility index (Phi) is 4.46. The number of ether oxygens (including phenoxy) is 1. The molecule has 0 atom stereocenters. The average molecular weight is 384 g/mol. The Bertz CT molecular complexity index is 795. The molecule has 5 heteroatoms. The maximum atomic E-state index is 5.49. The van der Waals surface area contributed by atoms with E-state index in [-0.39, 0.29) is 0 Å². The highest BCUT2D eigenvalue weighted by Crippen LogP contribution is 2.61. The van der Waals surface area contributed by atoms with E-state index in [9.17, 15) is 0 Å². The summed E-state index contributed by atoms with van der Waals surface area (Å²) in [6.07, 6.45) is 10.4. The molecule has 1 aromatic heterocycles. The third-order valence-corrected chi connectivity index (χ3v) is 8.23. The molecule has 2 aromatic rings. The largest absolute Gasteiger partial charge is 0.496 e. The predicted octanol–water partition coefficient (Wildman–Crippen LogP) is 5.19. The van der Waals surface area contributed by atoms with Crippen molar-refractivity contribution in [2.24, 2.45) is 30.2 Å². The van der Waals surface area contributed by atoms with Crippen LogP contribution in [0.5, 0.6) is 5.75 Å². The average Bonchev–Trinajstić information content (AvgIpc) is 3.01. The zero-order chi connectivity index (χ0) is 18.4. The van der Waals surface area contributed by atoms with Gasteiger partial charge in [-0.3, -0.25) is 0 Å². The molecule has 0 aliphatic heterocycles. The summed E-state index contributed by atoms with van der Waals surface area (Å²) in [4.78, 5) is 0. The minimum atomic E-state index is 0.645. The highest BCUT2D eigenvalue weighted by atomic mass is 32.2. The fourth-order valence-corrected chi connectivity index (χ4v) is 7.56. The minimum absolute atomic E-state index is 0.645. The van der Waals surface area contributed by atoms with Crippen molar-refractivity contribution in [1.82, 2.24) is 14.8 Å². The molecule has 6 rings (SSSR count). The van der Waals surface area contributed by atoms with Crippen LogP contribution in [0.3, 0.4) is 0 Å². The Morgan fingerprint density at radius 1 is 1.07 bits per heavy atom. The van der Waals surface area contributed by atoms with Gasteiger partial charge in [-0.2, -0.15) is 0 Å². The second-order valence-electron chi connectivity index (χ2n) is 9.08. The van der Waals surface area contributed by atoms with Crippen molar-refractivity contribution in [2.75, 3.05) is 12.9 Å². The third-order valence-electron chi connectivity index (χ3n) is 7.21. The summed E-state index contributed by atoms with van der Waals surface area (Å²) in [7, 11) is 3.77. The van der Waals surface area contributed by atoms with E-state index in [1.807, 2.05) is 36.0 Å². The molecule has 4 nitrogen and oxygen atoms in total. The molecule has 0 amide bonds. The third kappa shape index (κ3) is 3.18. The molecule has 4 bridgehead atoms. The first-order valence-electron chi connectivity index (χ1n) is 10.3. The molecule has 144 valence electrons. The van der Waals surface area contributed by atoms with Gasteiger partial charge in [-0.1, -0.05) is 23.9 Å². The predicted molar refractivity (Wildman–Crippen MR) is 109 cm³/mol. The van der Waals surface area contributed by atoms with Gasteiger partial charge in [-0.25, -0.2) is 0 Å². The fourth-order valence-electron chi connectivity index (χ4n) is 6.46. The van der Waals surface area contributed by atoms with Crippen LogP contribution in [0.15, 0.2) is 29.4 Å². The Morgan fingerprint density at radius 2 is 1.74 bits per heavy atom. The number of thioether (sulfide) groups is 1. The summed E-state index contributed by atoms with van der Waals surface area (Å²) in [6, 6.07) is 8.03. The number of rotatable bonds is 6.